The third-order valence-electron chi connectivity index (χ3n) is 25.7. The van der Waals surface area contributed by atoms with Crippen molar-refractivity contribution in [3.05, 3.63) is 247 Å². The predicted molar refractivity (Wildman–Crippen MR) is 473 cm³/mol. The zero-order chi connectivity index (χ0) is 79.9. The molecule has 0 aliphatic heterocycles. The third kappa shape index (κ3) is 13.3. The summed E-state index contributed by atoms with van der Waals surface area (Å²) in [5.74, 6) is 11.1. The Morgan fingerprint density at radius 3 is 1.20 bits per heavy atom. The minimum absolute atomic E-state index is 0.291. The molecule has 5 fully saturated rings. The molecule has 594 valence electrons. The number of nitrogens with one attached hydrogen (secondary N) is 1. The molecular formula is C94H90N22O2S. The molecule has 7 aliphatic rings. The molecule has 25 rings (SSSR count). The van der Waals surface area contributed by atoms with Crippen molar-refractivity contribution in [1.82, 2.24) is 81.8 Å². The summed E-state index contributed by atoms with van der Waals surface area (Å²) < 4.78 is 17.2. The first-order valence-corrected chi connectivity index (χ1v) is 42.6. The first-order valence-electron chi connectivity index (χ1n) is 41.7. The number of benzene rings is 5. The fraction of sp³-hybridized carbons (Fsp3) is 0.266. The number of aromatic amines is 1. The van der Waals surface area contributed by atoms with Crippen LogP contribution in [0.15, 0.2) is 200 Å². The number of fused-ring (bicyclic) bond motifs is 10. The predicted octanol–water partition coefficient (Wildman–Crippen LogP) is 19.2. The SMILES string of the molecule is Nc1nccn2c(C3CCC(CO)CC3)nc(-c3ccc4c(c3)C=CC4)c12.Nc1nccn2c(C3CCC3)nc(-c3ccc4c(c3)C=CC4)c12.Nc1nccn2c(C3CCC3)nc(-c3ccc4cc[nH]c4c3)c12.Nc1nccn2c(C3CCC3)nc(-c3ccc4ocnc4c3)c12.Nc1nccn2c(C3CCC3)nc(-c3ccc4sccc4c3)c12. The van der Waals surface area contributed by atoms with Crippen LogP contribution in [0.1, 0.15) is 184 Å². The standard InChI is InChI=1S/C22H24N4O.C19H18N4.C18H17N5.C18H16N4S.C17H15N5O/c23-21-20-19(18-9-8-15-2-1-3-17(15)12-18)25-22(26(20)11-10-24-21)16-6-4-14(13-27)5-7-16;20-18-17-16(15-8-7-12-3-1-6-14(12)11-15)22-19(13-4-2-5-13)23(17)10-9-21-18;19-17-16-15(13-5-4-11-6-7-20-14(11)10-13)22-18(12-2-1-3-12)23(16)9-8-21-17;19-17-16-15(13-4-5-14-12(10-13)6-9-23-14)21-18(11-2-1-3-11)22(16)8-7-20-17;18-16-15-14(11-4-5-13-12(8-11)20-9-23-13)21-17(10-2-1-3-10)22(15)7-6-19-16/h1,3,8-12,14,16,27H,2,4-7,13H2,(H2,23,24);1,6-11,13H,2-5H2,(H2,20,21);4-10,12,20H,1-3H2,(H2,19,21);4-11H,1-3H2,(H2,19,20);4-10H,1-3H2,(H2,18,19). The Morgan fingerprint density at radius 2 is 0.782 bits per heavy atom. The van der Waals surface area contributed by atoms with Crippen LogP contribution < -0.4 is 28.7 Å². The fourth-order valence-corrected chi connectivity index (χ4v) is 19.0. The number of aromatic nitrogens is 17. The summed E-state index contributed by atoms with van der Waals surface area (Å²) >= 11 is 1.76. The van der Waals surface area contributed by atoms with Gasteiger partial charge >= 0.3 is 0 Å². The molecule has 0 spiro atoms. The molecule has 0 amide bonds. The molecule has 12 N–H and O–H groups in total. The number of nitrogens with zero attached hydrogens (tertiary/aromatic N) is 16. The van der Waals surface area contributed by atoms with Crippen LogP contribution in [0.3, 0.4) is 0 Å². The Balaban J connectivity index is 0.0000000924. The summed E-state index contributed by atoms with van der Waals surface area (Å²) in [5.41, 5.74) is 53.5. The van der Waals surface area contributed by atoms with Crippen LogP contribution in [0.5, 0.6) is 0 Å². The van der Waals surface area contributed by atoms with Gasteiger partial charge in [-0.1, -0.05) is 92.5 Å². The maximum absolute atomic E-state index is 9.43. The van der Waals surface area contributed by atoms with E-state index in [0.29, 0.717) is 71.2 Å². The number of allylic oxidation sites excluding steroid dienone is 2. The van der Waals surface area contributed by atoms with E-state index >= 15 is 0 Å². The lowest BCUT2D eigenvalue weighted by atomic mass is 9.82. The molecule has 18 aromatic rings. The Kier molecular flexibility index (Phi) is 18.8. The van der Waals surface area contributed by atoms with E-state index < -0.39 is 0 Å². The van der Waals surface area contributed by atoms with E-state index in [4.69, 9.17) is 58.0 Å². The highest BCUT2D eigenvalue weighted by molar-refractivity contribution is 7.17. The number of oxazole rings is 1. The minimum atomic E-state index is 0.291. The first kappa shape index (κ1) is 73.2. The highest BCUT2D eigenvalue weighted by Crippen LogP contribution is 2.46. The zero-order valence-electron chi connectivity index (χ0n) is 65.8. The van der Waals surface area contributed by atoms with E-state index in [9.17, 15) is 5.11 Å². The number of H-pyrrole nitrogens is 1. The molecule has 13 aromatic heterocycles. The Hall–Kier alpha value is -13.4. The number of aliphatic hydroxyl groups is 1. The second kappa shape index (κ2) is 30.6. The molecule has 25 heteroatoms. The van der Waals surface area contributed by atoms with Gasteiger partial charge in [-0.25, -0.2) is 54.8 Å². The Bertz CT molecular complexity index is 6580. The van der Waals surface area contributed by atoms with Crippen LogP contribution in [0.4, 0.5) is 29.1 Å². The number of nitrogens with two attached hydrogens (primary N) is 5. The van der Waals surface area contributed by atoms with E-state index in [0.717, 1.165) is 168 Å². The van der Waals surface area contributed by atoms with Gasteiger partial charge in [-0.2, -0.15) is 0 Å². The van der Waals surface area contributed by atoms with Gasteiger partial charge in [0.25, 0.3) is 0 Å². The highest BCUT2D eigenvalue weighted by atomic mass is 32.1. The zero-order valence-corrected chi connectivity index (χ0v) is 66.7. The van der Waals surface area contributed by atoms with Crippen LogP contribution in [-0.4, -0.2) is 93.5 Å². The molecule has 13 heterocycles. The molecule has 24 nitrogen and oxygen atoms in total. The molecule has 0 bridgehead atoms. The van der Waals surface area contributed by atoms with Crippen molar-refractivity contribution in [2.24, 2.45) is 5.92 Å². The van der Waals surface area contributed by atoms with Gasteiger partial charge in [-0.05, 0) is 195 Å². The third-order valence-corrected chi connectivity index (χ3v) is 26.6. The number of hydrogen-bond acceptors (Lipinski definition) is 19. The minimum Gasteiger partial charge on any atom is -0.443 e. The van der Waals surface area contributed by atoms with Gasteiger partial charge in [0.2, 0.25) is 0 Å². The van der Waals surface area contributed by atoms with Crippen LogP contribution in [0.25, 0.3) is 128 Å². The number of thiophene rings is 1. The van der Waals surface area contributed by atoms with Crippen LogP contribution in [0, 0.1) is 5.92 Å². The van der Waals surface area contributed by atoms with E-state index in [-0.39, 0.29) is 0 Å². The lowest BCUT2D eigenvalue weighted by molar-refractivity contribution is 0.181. The molecular weight excluding hydrogens is 1500 g/mol. The van der Waals surface area contributed by atoms with Gasteiger partial charge in [-0.3, -0.25) is 22.0 Å². The largest absolute Gasteiger partial charge is 0.443 e. The van der Waals surface area contributed by atoms with Crippen molar-refractivity contribution in [3.8, 4) is 56.3 Å². The molecule has 119 heavy (non-hydrogen) atoms. The normalized spacial score (nSPS) is 17.0. The number of hydrogen-bond donors (Lipinski definition) is 7. The van der Waals surface area contributed by atoms with Gasteiger partial charge in [-0.15, -0.1) is 11.3 Å². The number of aliphatic hydroxyl groups excluding tert-OH is 1. The summed E-state index contributed by atoms with van der Waals surface area (Å²) in [6.45, 7) is 0.291. The Labute approximate surface area is 688 Å². The fourth-order valence-electron chi connectivity index (χ4n) is 18.3. The maximum atomic E-state index is 9.43. The van der Waals surface area contributed by atoms with Crippen LogP contribution in [-0.2, 0) is 12.8 Å². The smallest absolute Gasteiger partial charge is 0.181 e. The van der Waals surface area contributed by atoms with Gasteiger partial charge in [0.05, 0.1) is 0 Å². The molecule has 7 aliphatic carbocycles. The quantitative estimate of drug-likeness (QED) is 0.0632. The van der Waals surface area contributed by atoms with Crippen LogP contribution >= 0.6 is 11.3 Å². The molecule has 5 saturated carbocycles. The monoisotopic (exact) mass is 1590 g/mol. The van der Waals surface area contributed by atoms with Crippen molar-refractivity contribution in [3.63, 3.8) is 0 Å². The second-order valence-electron chi connectivity index (χ2n) is 32.7. The molecule has 0 saturated heterocycles. The van der Waals surface area contributed by atoms with E-state index in [1.807, 2.05) is 55.4 Å². The van der Waals surface area contributed by atoms with Gasteiger partial charge in [0.1, 0.15) is 120 Å². The topological polar surface area (TPSA) is 343 Å². The molecule has 0 unspecified atom stereocenters. The summed E-state index contributed by atoms with van der Waals surface area (Å²) in [5, 5.41) is 14.0. The van der Waals surface area contributed by atoms with E-state index in [1.165, 1.54) is 121 Å². The summed E-state index contributed by atoms with van der Waals surface area (Å²) in [4.78, 5) is 53.8. The Morgan fingerprint density at radius 1 is 0.395 bits per heavy atom. The van der Waals surface area contributed by atoms with Gasteiger partial charge in [0.15, 0.2) is 12.0 Å². The average molecular weight is 1590 g/mol. The van der Waals surface area contributed by atoms with Crippen molar-refractivity contribution >= 4 is 112 Å². The highest BCUT2D eigenvalue weighted by Gasteiger charge is 2.33. The summed E-state index contributed by atoms with van der Waals surface area (Å²) in [6.07, 6.45) is 51.8. The maximum Gasteiger partial charge on any atom is 0.181 e. The number of nitrogen functional groups attached to an aromatic ring is 5. The second-order valence-corrected chi connectivity index (χ2v) is 33.6. The summed E-state index contributed by atoms with van der Waals surface area (Å²) in [6, 6.07) is 36.1. The number of anilines is 5. The van der Waals surface area contributed by atoms with Gasteiger partial charge in [0, 0.05) is 142 Å². The first-order chi connectivity index (χ1) is 58.5. The average Bonchev–Trinajstić information content (AvgIpc) is 1.63. The van der Waals surface area contributed by atoms with Gasteiger partial charge < -0.3 is 43.2 Å². The molecule has 0 atom stereocenters. The van der Waals surface area contributed by atoms with Crippen molar-refractivity contribution in [2.75, 3.05) is 35.3 Å². The summed E-state index contributed by atoms with van der Waals surface area (Å²) in [7, 11) is 0. The van der Waals surface area contributed by atoms with Crippen LogP contribution in [0.2, 0.25) is 0 Å². The van der Waals surface area contributed by atoms with Crippen molar-refractivity contribution in [1.29, 1.82) is 0 Å². The van der Waals surface area contributed by atoms with E-state index in [1.54, 1.807) is 42.3 Å². The number of rotatable bonds is 11. The lowest BCUT2D eigenvalue weighted by Crippen LogP contribution is -2.17. The lowest BCUT2D eigenvalue weighted by Gasteiger charge is -2.26. The molecule has 0 radical (unpaired) electrons. The van der Waals surface area contributed by atoms with E-state index in [2.05, 4.69) is 172 Å². The molecule has 5 aromatic carbocycles. The van der Waals surface area contributed by atoms with Crippen molar-refractivity contribution in [2.45, 2.75) is 145 Å². The number of imidazole rings is 5. The van der Waals surface area contributed by atoms with Crippen molar-refractivity contribution < 1.29 is 9.52 Å².